The number of ether oxygens (including phenoxy) is 1. The molecule has 1 aliphatic rings. The Labute approximate surface area is 137 Å². The smallest absolute Gasteiger partial charge is 0.262 e. The van der Waals surface area contributed by atoms with Gasteiger partial charge in [0.2, 0.25) is 5.91 Å². The summed E-state index contributed by atoms with van der Waals surface area (Å²) in [7, 11) is 0. The number of nitrogens with one attached hydrogen (secondary N) is 1. The van der Waals surface area contributed by atoms with Gasteiger partial charge in [0.25, 0.3) is 5.91 Å². The van der Waals surface area contributed by atoms with Gasteiger partial charge in [-0.05, 0) is 44.8 Å². The number of carbonyl (C=O) groups excluding carboxylic acids is 2. The molecule has 5 nitrogen and oxygen atoms in total. The molecule has 20 heavy (non-hydrogen) atoms. The number of amides is 2. The average Bonchev–Trinajstić information content (AvgIpc) is 2.79. The van der Waals surface area contributed by atoms with Crippen molar-refractivity contribution in [3.63, 3.8) is 0 Å². The molecular weight excluding hydrogens is 412 g/mol. The van der Waals surface area contributed by atoms with Crippen molar-refractivity contribution < 1.29 is 14.3 Å². The van der Waals surface area contributed by atoms with Gasteiger partial charge in [-0.15, -0.1) is 11.3 Å². The van der Waals surface area contributed by atoms with Crippen LogP contribution in [0.2, 0.25) is 0 Å². The van der Waals surface area contributed by atoms with E-state index >= 15 is 0 Å². The van der Waals surface area contributed by atoms with Gasteiger partial charge >= 0.3 is 0 Å². The van der Waals surface area contributed by atoms with Crippen LogP contribution in [0.5, 0.6) is 0 Å². The fourth-order valence-electron chi connectivity index (χ4n) is 1.85. The van der Waals surface area contributed by atoms with Crippen molar-refractivity contribution in [3.05, 3.63) is 19.2 Å². The van der Waals surface area contributed by atoms with E-state index in [1.807, 2.05) is 0 Å². The number of carbonyl (C=O) groups is 2. The van der Waals surface area contributed by atoms with E-state index < -0.39 is 6.04 Å². The van der Waals surface area contributed by atoms with Crippen LogP contribution in [0.3, 0.4) is 0 Å². The van der Waals surface area contributed by atoms with Crippen molar-refractivity contribution >= 4 is 55.0 Å². The van der Waals surface area contributed by atoms with Crippen molar-refractivity contribution in [1.82, 2.24) is 10.2 Å². The SMILES string of the molecule is CC(NC(=O)c1cc(Br)c(Br)s1)C(=O)N1CCOCC1. The molecule has 0 aromatic carbocycles. The Balaban J connectivity index is 1.94. The van der Waals surface area contributed by atoms with E-state index in [4.69, 9.17) is 4.74 Å². The van der Waals surface area contributed by atoms with E-state index in [1.165, 1.54) is 11.3 Å². The number of rotatable bonds is 3. The molecule has 0 radical (unpaired) electrons. The van der Waals surface area contributed by atoms with Gasteiger partial charge in [-0.3, -0.25) is 9.59 Å². The van der Waals surface area contributed by atoms with E-state index in [2.05, 4.69) is 37.2 Å². The maximum atomic E-state index is 12.2. The van der Waals surface area contributed by atoms with Crippen LogP contribution in [0.25, 0.3) is 0 Å². The van der Waals surface area contributed by atoms with E-state index in [0.29, 0.717) is 31.2 Å². The maximum Gasteiger partial charge on any atom is 0.262 e. The van der Waals surface area contributed by atoms with E-state index in [0.717, 1.165) is 8.26 Å². The molecule has 110 valence electrons. The van der Waals surface area contributed by atoms with E-state index in [9.17, 15) is 9.59 Å². The number of hydrogen-bond acceptors (Lipinski definition) is 4. The van der Waals surface area contributed by atoms with Crippen LogP contribution < -0.4 is 5.32 Å². The van der Waals surface area contributed by atoms with Crippen LogP contribution in [0.4, 0.5) is 0 Å². The third-order valence-corrected chi connectivity index (χ3v) is 6.16. The van der Waals surface area contributed by atoms with Gasteiger partial charge in [-0.2, -0.15) is 0 Å². The Morgan fingerprint density at radius 1 is 1.40 bits per heavy atom. The number of thiophene rings is 1. The molecule has 1 N–H and O–H groups in total. The van der Waals surface area contributed by atoms with Crippen LogP contribution in [0, 0.1) is 0 Å². The molecule has 2 rings (SSSR count). The molecule has 2 amide bonds. The molecule has 1 aliphatic heterocycles. The van der Waals surface area contributed by atoms with Crippen molar-refractivity contribution in [2.75, 3.05) is 26.3 Å². The summed E-state index contributed by atoms with van der Waals surface area (Å²) >= 11 is 8.01. The summed E-state index contributed by atoms with van der Waals surface area (Å²) in [5.74, 6) is -0.313. The minimum atomic E-state index is -0.541. The summed E-state index contributed by atoms with van der Waals surface area (Å²) < 4.78 is 6.90. The van der Waals surface area contributed by atoms with Crippen molar-refractivity contribution in [1.29, 1.82) is 0 Å². The maximum absolute atomic E-state index is 12.2. The third-order valence-electron chi connectivity index (χ3n) is 2.91. The summed E-state index contributed by atoms with van der Waals surface area (Å²) in [6, 6.07) is 1.19. The first-order chi connectivity index (χ1) is 9.49. The molecule has 0 saturated carbocycles. The molecule has 1 aromatic rings. The molecule has 1 saturated heterocycles. The zero-order valence-electron chi connectivity index (χ0n) is 10.8. The first-order valence-electron chi connectivity index (χ1n) is 6.11. The Morgan fingerprint density at radius 2 is 2.05 bits per heavy atom. The van der Waals surface area contributed by atoms with Crippen LogP contribution in [-0.4, -0.2) is 49.1 Å². The molecule has 1 aromatic heterocycles. The molecule has 8 heteroatoms. The number of halogens is 2. The minimum absolute atomic E-state index is 0.0728. The number of morpholine rings is 1. The molecule has 0 aliphatic carbocycles. The Kier molecular flexibility index (Phi) is 5.59. The van der Waals surface area contributed by atoms with Crippen molar-refractivity contribution in [3.8, 4) is 0 Å². The van der Waals surface area contributed by atoms with Crippen molar-refractivity contribution in [2.24, 2.45) is 0 Å². The molecule has 0 spiro atoms. The molecule has 1 fully saturated rings. The number of hydrogen-bond donors (Lipinski definition) is 1. The predicted molar refractivity (Wildman–Crippen MR) is 84.0 cm³/mol. The fourth-order valence-corrected chi connectivity index (χ4v) is 3.78. The van der Waals surface area contributed by atoms with E-state index in [1.54, 1.807) is 17.9 Å². The number of nitrogens with zero attached hydrogens (tertiary/aromatic N) is 1. The highest BCUT2D eigenvalue weighted by Crippen LogP contribution is 2.32. The summed E-state index contributed by atoms with van der Waals surface area (Å²) in [6.45, 7) is 3.96. The van der Waals surface area contributed by atoms with Gasteiger partial charge in [-0.25, -0.2) is 0 Å². The van der Waals surface area contributed by atoms with Gasteiger partial charge in [-0.1, -0.05) is 0 Å². The zero-order chi connectivity index (χ0) is 14.7. The second kappa shape index (κ2) is 7.02. The van der Waals surface area contributed by atoms with Gasteiger partial charge in [0, 0.05) is 17.6 Å². The van der Waals surface area contributed by atoms with Crippen LogP contribution in [0.15, 0.2) is 14.3 Å². The van der Waals surface area contributed by atoms with Gasteiger partial charge in [0.1, 0.15) is 6.04 Å². The monoisotopic (exact) mass is 424 g/mol. The lowest BCUT2D eigenvalue weighted by Gasteiger charge is -2.29. The Hall–Kier alpha value is -0.440. The van der Waals surface area contributed by atoms with Crippen LogP contribution >= 0.6 is 43.2 Å². The lowest BCUT2D eigenvalue weighted by Crippen LogP contribution is -2.50. The molecule has 1 unspecified atom stereocenters. The summed E-state index contributed by atoms with van der Waals surface area (Å²) in [5.41, 5.74) is 0. The largest absolute Gasteiger partial charge is 0.378 e. The predicted octanol–water partition coefficient (Wildman–Crippen LogP) is 2.25. The Bertz CT molecular complexity index is 495. The molecule has 1 atom stereocenters. The fraction of sp³-hybridized carbons (Fsp3) is 0.500. The third kappa shape index (κ3) is 3.81. The lowest BCUT2D eigenvalue weighted by atomic mass is 10.2. The second-order valence-corrected chi connectivity index (χ2v) is 7.59. The molecule has 0 bridgehead atoms. The minimum Gasteiger partial charge on any atom is -0.378 e. The van der Waals surface area contributed by atoms with Crippen LogP contribution in [-0.2, 0) is 9.53 Å². The zero-order valence-corrected chi connectivity index (χ0v) is 14.8. The highest BCUT2D eigenvalue weighted by Gasteiger charge is 2.24. The summed E-state index contributed by atoms with van der Waals surface area (Å²) in [6.07, 6.45) is 0. The highest BCUT2D eigenvalue weighted by atomic mass is 79.9. The molecule has 2 heterocycles. The lowest BCUT2D eigenvalue weighted by molar-refractivity contribution is -0.136. The van der Waals surface area contributed by atoms with Gasteiger partial charge in [0.15, 0.2) is 0 Å². The summed E-state index contributed by atoms with van der Waals surface area (Å²) in [4.78, 5) is 26.5. The van der Waals surface area contributed by atoms with Gasteiger partial charge < -0.3 is 15.0 Å². The van der Waals surface area contributed by atoms with Crippen molar-refractivity contribution in [2.45, 2.75) is 13.0 Å². The first-order valence-corrected chi connectivity index (χ1v) is 8.51. The van der Waals surface area contributed by atoms with Crippen LogP contribution in [0.1, 0.15) is 16.6 Å². The second-order valence-electron chi connectivity index (χ2n) is 4.37. The molecular formula is C12H14Br2N2O3S. The standard InChI is InChI=1S/C12H14Br2N2O3S/c1-7(12(18)16-2-4-19-5-3-16)15-11(17)9-6-8(13)10(14)20-9/h6-7H,2-5H2,1H3,(H,15,17). The first kappa shape index (κ1) is 15.9. The topological polar surface area (TPSA) is 58.6 Å². The highest BCUT2D eigenvalue weighted by molar-refractivity contribution is 9.13. The summed E-state index contributed by atoms with van der Waals surface area (Å²) in [5, 5.41) is 2.73. The quantitative estimate of drug-likeness (QED) is 0.807. The van der Waals surface area contributed by atoms with Gasteiger partial charge in [0.05, 0.1) is 21.9 Å². The average molecular weight is 426 g/mol. The Morgan fingerprint density at radius 3 is 2.60 bits per heavy atom. The van der Waals surface area contributed by atoms with E-state index in [-0.39, 0.29) is 11.8 Å². The normalized spacial score (nSPS) is 16.9.